The number of unbranched alkanes of at least 4 members (excludes halogenated alkanes) is 1. The van der Waals surface area contributed by atoms with Crippen LogP contribution in [0.5, 0.6) is 11.5 Å². The molecule has 24 heavy (non-hydrogen) atoms. The van der Waals surface area contributed by atoms with Crippen LogP contribution in [-0.4, -0.2) is 37.9 Å². The third kappa shape index (κ3) is 4.22. The summed E-state index contributed by atoms with van der Waals surface area (Å²) in [6, 6.07) is 4.76. The number of nitrogens with two attached hydrogens (primary N) is 1. The normalized spacial score (nSPS) is 18.3. The van der Waals surface area contributed by atoms with E-state index in [1.807, 2.05) is 6.07 Å². The van der Waals surface area contributed by atoms with Gasteiger partial charge in [0.2, 0.25) is 0 Å². The van der Waals surface area contributed by atoms with Crippen LogP contribution in [0.4, 0.5) is 0 Å². The lowest BCUT2D eigenvalue weighted by Crippen LogP contribution is -2.50. The van der Waals surface area contributed by atoms with E-state index in [2.05, 4.69) is 24.8 Å². The second-order valence-electron chi connectivity index (χ2n) is 6.78. The fourth-order valence-corrected chi connectivity index (χ4v) is 3.90. The average Bonchev–Trinajstić information content (AvgIpc) is 2.62. The molecule has 0 aromatic heterocycles. The lowest BCUT2D eigenvalue weighted by molar-refractivity contribution is 0.115. The molecule has 1 aliphatic rings. The predicted octanol–water partition coefficient (Wildman–Crippen LogP) is 3.75. The van der Waals surface area contributed by atoms with E-state index in [9.17, 15) is 0 Å². The second-order valence-corrected chi connectivity index (χ2v) is 6.78. The Bertz CT molecular complexity index is 519. The summed E-state index contributed by atoms with van der Waals surface area (Å²) in [7, 11) is 3.43. The van der Waals surface area contributed by atoms with E-state index < -0.39 is 0 Å². The van der Waals surface area contributed by atoms with Crippen LogP contribution in [0.3, 0.4) is 0 Å². The molecule has 0 saturated carbocycles. The summed E-state index contributed by atoms with van der Waals surface area (Å²) in [6.45, 7) is 5.55. The van der Waals surface area contributed by atoms with Gasteiger partial charge >= 0.3 is 0 Å². The molecule has 0 spiro atoms. The summed E-state index contributed by atoms with van der Waals surface area (Å²) in [5, 5.41) is 0. The molecule has 2 atom stereocenters. The zero-order valence-electron chi connectivity index (χ0n) is 15.8. The SMILES string of the molecule is CCCCC(N)N(CCC)C1CCc2c(ccc(OC)c2OC)C1. The number of hydrogen-bond donors (Lipinski definition) is 1. The smallest absolute Gasteiger partial charge is 0.164 e. The first-order valence-electron chi connectivity index (χ1n) is 9.40. The molecule has 0 radical (unpaired) electrons. The van der Waals surface area contributed by atoms with Crippen molar-refractivity contribution in [3.05, 3.63) is 23.3 Å². The van der Waals surface area contributed by atoms with Crippen LogP contribution >= 0.6 is 0 Å². The number of hydrogen-bond acceptors (Lipinski definition) is 4. The van der Waals surface area contributed by atoms with Gasteiger partial charge in [0.25, 0.3) is 0 Å². The molecule has 1 aromatic carbocycles. The zero-order valence-corrected chi connectivity index (χ0v) is 15.8. The Morgan fingerprint density at radius 2 is 2.00 bits per heavy atom. The minimum absolute atomic E-state index is 0.177. The molecular formula is C20H34N2O2. The van der Waals surface area contributed by atoms with Gasteiger partial charge in [0, 0.05) is 11.6 Å². The van der Waals surface area contributed by atoms with E-state index in [1.165, 1.54) is 24.0 Å². The first-order valence-corrected chi connectivity index (χ1v) is 9.40. The van der Waals surface area contributed by atoms with Crippen molar-refractivity contribution < 1.29 is 9.47 Å². The Kier molecular flexibility index (Phi) is 7.38. The van der Waals surface area contributed by atoms with E-state index in [-0.39, 0.29) is 6.17 Å². The molecule has 1 aromatic rings. The standard InChI is InChI=1S/C20H34N2O2/c1-5-7-8-19(21)22(13-6-2)16-10-11-17-15(14-16)9-12-18(23-3)20(17)24-4/h9,12,16,19H,5-8,10-11,13-14,21H2,1-4H3. The molecule has 0 amide bonds. The van der Waals surface area contributed by atoms with Gasteiger partial charge in [-0.2, -0.15) is 0 Å². The lowest BCUT2D eigenvalue weighted by atomic mass is 9.86. The number of methoxy groups -OCH3 is 2. The molecule has 136 valence electrons. The van der Waals surface area contributed by atoms with Crippen molar-refractivity contribution in [3.63, 3.8) is 0 Å². The summed E-state index contributed by atoms with van der Waals surface area (Å²) >= 11 is 0. The Morgan fingerprint density at radius 1 is 1.21 bits per heavy atom. The minimum atomic E-state index is 0.177. The number of nitrogens with zero attached hydrogens (tertiary/aromatic N) is 1. The zero-order chi connectivity index (χ0) is 17.5. The Hall–Kier alpha value is -1.26. The molecule has 2 unspecified atom stereocenters. The quantitative estimate of drug-likeness (QED) is 0.699. The number of rotatable bonds is 9. The fourth-order valence-electron chi connectivity index (χ4n) is 3.90. The molecule has 1 aliphatic carbocycles. The molecule has 4 nitrogen and oxygen atoms in total. The van der Waals surface area contributed by atoms with Gasteiger partial charge in [-0.25, -0.2) is 0 Å². The minimum Gasteiger partial charge on any atom is -0.493 e. The molecule has 2 rings (SSSR count). The highest BCUT2D eigenvalue weighted by atomic mass is 16.5. The van der Waals surface area contributed by atoms with Crippen LogP contribution in [0.15, 0.2) is 12.1 Å². The Balaban J connectivity index is 2.17. The molecule has 0 fully saturated rings. The second kappa shape index (κ2) is 9.28. The van der Waals surface area contributed by atoms with Gasteiger partial charge in [-0.3, -0.25) is 4.90 Å². The maximum Gasteiger partial charge on any atom is 0.164 e. The Labute approximate surface area is 147 Å². The number of fused-ring (bicyclic) bond motifs is 1. The van der Waals surface area contributed by atoms with E-state index >= 15 is 0 Å². The van der Waals surface area contributed by atoms with Crippen molar-refractivity contribution in [3.8, 4) is 11.5 Å². The first-order chi connectivity index (χ1) is 11.7. The lowest BCUT2D eigenvalue weighted by Gasteiger charge is -2.39. The van der Waals surface area contributed by atoms with Crippen LogP contribution in [0.2, 0.25) is 0 Å². The molecule has 0 heterocycles. The maximum atomic E-state index is 6.52. The van der Waals surface area contributed by atoms with Gasteiger partial charge in [-0.1, -0.05) is 32.8 Å². The highest BCUT2D eigenvalue weighted by Crippen LogP contribution is 2.38. The van der Waals surface area contributed by atoms with Gasteiger partial charge in [0.05, 0.1) is 20.4 Å². The van der Waals surface area contributed by atoms with E-state index in [1.54, 1.807) is 14.2 Å². The fraction of sp³-hybridized carbons (Fsp3) is 0.700. The maximum absolute atomic E-state index is 6.52. The van der Waals surface area contributed by atoms with Crippen LogP contribution < -0.4 is 15.2 Å². The summed E-state index contributed by atoms with van der Waals surface area (Å²) in [6.07, 6.45) is 8.04. The van der Waals surface area contributed by atoms with Crippen molar-refractivity contribution in [2.24, 2.45) is 5.73 Å². The Morgan fingerprint density at radius 3 is 2.62 bits per heavy atom. The molecule has 0 bridgehead atoms. The van der Waals surface area contributed by atoms with Crippen molar-refractivity contribution in [2.75, 3.05) is 20.8 Å². The topological polar surface area (TPSA) is 47.7 Å². The van der Waals surface area contributed by atoms with Gasteiger partial charge in [-0.05, 0) is 50.3 Å². The van der Waals surface area contributed by atoms with E-state index in [4.69, 9.17) is 15.2 Å². The highest BCUT2D eigenvalue weighted by Gasteiger charge is 2.29. The number of ether oxygens (including phenoxy) is 2. The summed E-state index contributed by atoms with van der Waals surface area (Å²) < 4.78 is 11.1. The van der Waals surface area contributed by atoms with Crippen molar-refractivity contribution >= 4 is 0 Å². The van der Waals surface area contributed by atoms with Gasteiger partial charge in [0.15, 0.2) is 11.5 Å². The predicted molar refractivity (Wildman–Crippen MR) is 99.9 cm³/mol. The van der Waals surface area contributed by atoms with Gasteiger partial charge < -0.3 is 15.2 Å². The largest absolute Gasteiger partial charge is 0.493 e. The van der Waals surface area contributed by atoms with E-state index in [0.29, 0.717) is 6.04 Å². The average molecular weight is 335 g/mol. The molecule has 2 N–H and O–H groups in total. The van der Waals surface area contributed by atoms with E-state index in [0.717, 1.165) is 50.1 Å². The van der Waals surface area contributed by atoms with Gasteiger partial charge in [0.1, 0.15) is 0 Å². The van der Waals surface area contributed by atoms with Crippen molar-refractivity contribution in [2.45, 2.75) is 71.0 Å². The monoisotopic (exact) mass is 334 g/mol. The first kappa shape index (κ1) is 19.1. The summed E-state index contributed by atoms with van der Waals surface area (Å²) in [4.78, 5) is 2.54. The summed E-state index contributed by atoms with van der Waals surface area (Å²) in [5.41, 5.74) is 9.22. The van der Waals surface area contributed by atoms with Crippen LogP contribution in [-0.2, 0) is 12.8 Å². The van der Waals surface area contributed by atoms with Gasteiger partial charge in [-0.15, -0.1) is 0 Å². The van der Waals surface area contributed by atoms with Crippen LogP contribution in [0, 0.1) is 0 Å². The van der Waals surface area contributed by atoms with Crippen molar-refractivity contribution in [1.29, 1.82) is 0 Å². The highest BCUT2D eigenvalue weighted by molar-refractivity contribution is 5.52. The summed E-state index contributed by atoms with van der Waals surface area (Å²) in [5.74, 6) is 1.74. The van der Waals surface area contributed by atoms with Crippen molar-refractivity contribution in [1.82, 2.24) is 4.90 Å². The molecular weight excluding hydrogens is 300 g/mol. The number of benzene rings is 1. The van der Waals surface area contributed by atoms with Crippen LogP contribution in [0.1, 0.15) is 57.1 Å². The molecule has 0 aliphatic heterocycles. The molecule has 0 saturated heterocycles. The third-order valence-corrected chi connectivity index (χ3v) is 5.16. The molecule has 4 heteroatoms. The third-order valence-electron chi connectivity index (χ3n) is 5.16. The van der Waals surface area contributed by atoms with Crippen LogP contribution in [0.25, 0.3) is 0 Å².